The van der Waals surface area contributed by atoms with Gasteiger partial charge in [0.05, 0.1) is 31.3 Å². The molecular formula is C36H49N3O8. The fourth-order valence-electron chi connectivity index (χ4n) is 8.18. The highest BCUT2D eigenvalue weighted by Gasteiger charge is 2.72. The van der Waals surface area contributed by atoms with Crippen molar-refractivity contribution < 1.29 is 38.5 Å². The van der Waals surface area contributed by atoms with Crippen LogP contribution in [0.15, 0.2) is 54.6 Å². The van der Waals surface area contributed by atoms with Crippen LogP contribution >= 0.6 is 0 Å². The third-order valence-corrected chi connectivity index (χ3v) is 9.59. The minimum Gasteiger partial charge on any atom is -0.455 e. The molecule has 11 nitrogen and oxygen atoms in total. The molecule has 0 aliphatic carbocycles. The highest BCUT2D eigenvalue weighted by molar-refractivity contribution is 5.99. The molecule has 0 saturated carbocycles. The number of ether oxygens (including phenoxy) is 3. The maximum absolute atomic E-state index is 14.7. The Balaban J connectivity index is 1.60. The van der Waals surface area contributed by atoms with Crippen LogP contribution in [0.5, 0.6) is 0 Å². The number of carbonyl (C=O) groups is 4. The molecule has 0 radical (unpaired) electrons. The van der Waals surface area contributed by atoms with E-state index in [0.29, 0.717) is 24.9 Å². The Morgan fingerprint density at radius 2 is 1.77 bits per heavy atom. The third-order valence-electron chi connectivity index (χ3n) is 9.59. The fourth-order valence-corrected chi connectivity index (χ4v) is 8.18. The molecule has 2 fully saturated rings. The lowest BCUT2D eigenvalue weighted by molar-refractivity contribution is -0.162. The van der Waals surface area contributed by atoms with Crippen LogP contribution in [-0.4, -0.2) is 101 Å². The van der Waals surface area contributed by atoms with E-state index in [9.17, 15) is 24.3 Å². The fraction of sp³-hybridized carbons (Fsp3) is 0.611. The van der Waals surface area contributed by atoms with E-state index in [1.54, 1.807) is 23.1 Å². The molecule has 11 heteroatoms. The van der Waals surface area contributed by atoms with Crippen molar-refractivity contribution in [1.82, 2.24) is 15.1 Å². The molecule has 4 heterocycles. The minimum absolute atomic E-state index is 0.0785. The summed E-state index contributed by atoms with van der Waals surface area (Å²) in [6.07, 6.45) is 6.56. The SMILES string of the molecule is COC[C@H]1NC(=O)CC/C=C\[C@H]2O[C@]34C=CCN(C(C)(C)CC(C)(C)C)C(=O)[C@H]3N(CCO)C(=O)[C@@H]4[C@H]2C(=O)O[C@@H]1c1ccccc1. The Morgan fingerprint density at radius 1 is 1.04 bits per heavy atom. The van der Waals surface area contributed by atoms with Gasteiger partial charge in [0.15, 0.2) is 0 Å². The maximum Gasteiger partial charge on any atom is 0.313 e. The van der Waals surface area contributed by atoms with Gasteiger partial charge in [0.25, 0.3) is 0 Å². The van der Waals surface area contributed by atoms with E-state index in [1.807, 2.05) is 50.3 Å². The molecule has 47 heavy (non-hydrogen) atoms. The van der Waals surface area contributed by atoms with Gasteiger partial charge in [0, 0.05) is 32.2 Å². The molecule has 1 aromatic rings. The lowest BCUT2D eigenvalue weighted by Gasteiger charge is -2.44. The molecule has 3 amide bonds. The quantitative estimate of drug-likeness (QED) is 0.340. The molecule has 0 aromatic heterocycles. The van der Waals surface area contributed by atoms with Gasteiger partial charge >= 0.3 is 5.97 Å². The number of likely N-dealkylation sites (tertiary alicyclic amines) is 1. The van der Waals surface area contributed by atoms with Crippen molar-refractivity contribution >= 4 is 23.7 Å². The van der Waals surface area contributed by atoms with E-state index >= 15 is 0 Å². The summed E-state index contributed by atoms with van der Waals surface area (Å²) < 4.78 is 18.5. The number of methoxy groups -OCH3 is 1. The van der Waals surface area contributed by atoms with Crippen molar-refractivity contribution in [2.75, 3.05) is 33.4 Å². The van der Waals surface area contributed by atoms with E-state index in [0.717, 1.165) is 0 Å². The van der Waals surface area contributed by atoms with Gasteiger partial charge in [-0.15, -0.1) is 0 Å². The number of aliphatic hydroxyl groups excluding tert-OH is 1. The van der Waals surface area contributed by atoms with Crippen LogP contribution in [-0.2, 0) is 33.4 Å². The van der Waals surface area contributed by atoms with Gasteiger partial charge < -0.3 is 34.4 Å². The molecular weight excluding hydrogens is 602 g/mol. The number of aliphatic hydroxyl groups is 1. The number of benzene rings is 1. The van der Waals surface area contributed by atoms with Crippen LogP contribution in [0.3, 0.4) is 0 Å². The number of carbonyl (C=O) groups excluding carboxylic acids is 4. The van der Waals surface area contributed by atoms with E-state index < -0.39 is 59.1 Å². The summed E-state index contributed by atoms with van der Waals surface area (Å²) in [5.41, 5.74) is -1.47. The number of cyclic esters (lactones) is 1. The van der Waals surface area contributed by atoms with Gasteiger partial charge in [-0.1, -0.05) is 75.4 Å². The number of hydrogen-bond donors (Lipinski definition) is 2. The normalized spacial score (nSPS) is 32.4. The molecule has 2 saturated heterocycles. The summed E-state index contributed by atoms with van der Waals surface area (Å²) >= 11 is 0. The largest absolute Gasteiger partial charge is 0.455 e. The number of nitrogens with one attached hydrogen (secondary N) is 1. The van der Waals surface area contributed by atoms with Crippen molar-refractivity contribution in [2.45, 2.75) is 89.3 Å². The van der Waals surface area contributed by atoms with Gasteiger partial charge in [-0.2, -0.15) is 0 Å². The number of nitrogens with zero attached hydrogens (tertiary/aromatic N) is 2. The molecule has 2 N–H and O–H groups in total. The van der Waals surface area contributed by atoms with Crippen molar-refractivity contribution in [2.24, 2.45) is 17.3 Å². The lowest BCUT2D eigenvalue weighted by Crippen LogP contribution is -2.60. The summed E-state index contributed by atoms with van der Waals surface area (Å²) in [5, 5.41) is 13.0. The standard InChI is InChI=1S/C36H49N3O8/c1-34(2,3)22-35(4,5)39-18-12-17-36-28(31(42)38(19-20-40)30(36)32(39)43)27-25(47-36)15-10-11-16-26(41)37-24(21-45-6)29(46-33(27)44)23-13-8-7-9-14-23/h7-10,12-15,17,24-25,27-30,40H,11,16,18-22H2,1-6H3,(H,37,41)/b15-10-/t24-,25-,27+,28+,29-,30-,36+/m1/s1. The maximum atomic E-state index is 14.7. The Bertz CT molecular complexity index is 1400. The highest BCUT2D eigenvalue weighted by atomic mass is 16.6. The first-order valence-electron chi connectivity index (χ1n) is 16.5. The van der Waals surface area contributed by atoms with Crippen LogP contribution < -0.4 is 5.32 Å². The van der Waals surface area contributed by atoms with Gasteiger partial charge in [-0.05, 0) is 37.7 Å². The summed E-state index contributed by atoms with van der Waals surface area (Å²) in [7, 11) is 1.51. The summed E-state index contributed by atoms with van der Waals surface area (Å²) in [6, 6.07) is 7.30. The molecule has 1 aromatic carbocycles. The average Bonchev–Trinajstić information content (AvgIpc) is 3.36. The predicted octanol–water partition coefficient (Wildman–Crippen LogP) is 2.94. The molecule has 7 atom stereocenters. The number of esters is 1. The van der Waals surface area contributed by atoms with E-state index in [-0.39, 0.29) is 43.4 Å². The second-order valence-electron chi connectivity index (χ2n) is 14.9. The molecule has 0 bridgehead atoms. The minimum atomic E-state index is -1.48. The molecule has 5 rings (SSSR count). The second kappa shape index (κ2) is 13.5. The Kier molecular flexibility index (Phi) is 10.0. The first kappa shape index (κ1) is 34.8. The van der Waals surface area contributed by atoms with Crippen molar-refractivity contribution in [3.8, 4) is 0 Å². The molecule has 1 spiro atoms. The van der Waals surface area contributed by atoms with E-state index in [2.05, 4.69) is 26.1 Å². The van der Waals surface area contributed by atoms with E-state index in [4.69, 9.17) is 14.2 Å². The van der Waals surface area contributed by atoms with Gasteiger partial charge in [-0.3, -0.25) is 19.2 Å². The molecule has 4 aliphatic heterocycles. The van der Waals surface area contributed by atoms with Crippen LogP contribution in [0.1, 0.15) is 65.5 Å². The van der Waals surface area contributed by atoms with Gasteiger partial charge in [-0.25, -0.2) is 0 Å². The average molecular weight is 652 g/mol. The highest BCUT2D eigenvalue weighted by Crippen LogP contribution is 2.54. The van der Waals surface area contributed by atoms with Crippen LogP contribution in [0, 0.1) is 17.3 Å². The lowest BCUT2D eigenvalue weighted by atomic mass is 9.77. The zero-order chi connectivity index (χ0) is 34.1. The van der Waals surface area contributed by atoms with Crippen molar-refractivity contribution in [3.05, 3.63) is 60.2 Å². The van der Waals surface area contributed by atoms with Crippen LogP contribution in [0.4, 0.5) is 0 Å². The topological polar surface area (TPSA) is 135 Å². The number of hydrogen-bond acceptors (Lipinski definition) is 8. The van der Waals surface area contributed by atoms with Gasteiger partial charge in [0.1, 0.15) is 23.7 Å². The van der Waals surface area contributed by atoms with Crippen molar-refractivity contribution in [3.63, 3.8) is 0 Å². The predicted molar refractivity (Wildman–Crippen MR) is 174 cm³/mol. The van der Waals surface area contributed by atoms with Gasteiger partial charge in [0.2, 0.25) is 17.7 Å². The number of fused-ring (bicyclic) bond motifs is 2. The Labute approximate surface area is 277 Å². The number of allylic oxidation sites excluding steroid dienone is 1. The summed E-state index contributed by atoms with van der Waals surface area (Å²) in [6.45, 7) is 10.3. The third kappa shape index (κ3) is 6.75. The number of β-amino-alcohol motifs (C(OH)–C–C–N with tert-alkyl or cyclic N) is 1. The van der Waals surface area contributed by atoms with Crippen molar-refractivity contribution in [1.29, 1.82) is 0 Å². The first-order valence-corrected chi connectivity index (χ1v) is 16.5. The molecule has 256 valence electrons. The van der Waals surface area contributed by atoms with Crippen LogP contribution in [0.25, 0.3) is 0 Å². The zero-order valence-electron chi connectivity index (χ0n) is 28.3. The second-order valence-corrected chi connectivity index (χ2v) is 14.9. The number of amides is 3. The number of rotatable bonds is 7. The Hall–Kier alpha value is -3.54. The summed E-state index contributed by atoms with van der Waals surface area (Å²) in [5.74, 6) is -3.82. The summed E-state index contributed by atoms with van der Waals surface area (Å²) in [4.78, 5) is 59.7. The monoisotopic (exact) mass is 651 g/mol. The van der Waals surface area contributed by atoms with E-state index in [1.165, 1.54) is 12.0 Å². The molecule has 4 aliphatic rings. The zero-order valence-corrected chi connectivity index (χ0v) is 28.3. The smallest absolute Gasteiger partial charge is 0.313 e. The van der Waals surface area contributed by atoms with Crippen LogP contribution in [0.2, 0.25) is 0 Å². The first-order chi connectivity index (χ1) is 22.2. The molecule has 0 unspecified atom stereocenters. The Morgan fingerprint density at radius 3 is 2.43 bits per heavy atom.